The third kappa shape index (κ3) is 4.98. The smallest absolute Gasteiger partial charge is 0.135 e. The number of furan rings is 1. The molecule has 0 bridgehead atoms. The molecule has 0 atom stereocenters. The van der Waals surface area contributed by atoms with E-state index in [1.54, 1.807) is 30.7 Å². The van der Waals surface area contributed by atoms with Crippen LogP contribution < -0.4 is 5.32 Å². The van der Waals surface area contributed by atoms with Crippen LogP contribution in [0, 0.1) is 36.5 Å². The average Bonchev–Trinajstić information content (AvgIpc) is 3.35. The van der Waals surface area contributed by atoms with E-state index >= 15 is 0 Å². The Morgan fingerprint density at radius 3 is 2.45 bits per heavy atom. The first kappa shape index (κ1) is 21.5. The first-order valence-corrected chi connectivity index (χ1v) is 10.4. The Morgan fingerprint density at radius 1 is 1.06 bits per heavy atom. The highest BCUT2D eigenvalue weighted by Gasteiger charge is 2.13. The Morgan fingerprint density at radius 2 is 1.82 bits per heavy atom. The quantitative estimate of drug-likeness (QED) is 0.385. The van der Waals surface area contributed by atoms with Crippen molar-refractivity contribution in [3.63, 3.8) is 0 Å². The van der Waals surface area contributed by atoms with Gasteiger partial charge in [0.25, 0.3) is 0 Å². The topological polar surface area (TPSA) is 98.5 Å². The lowest BCUT2D eigenvalue weighted by molar-refractivity contribution is 0.554. The SMILES string of the molecule is Cc1cc(/C(=C\C#N)c2ccco2)cc(C)c1Nc1ccnc(Cc2ccc(C#N)cc2)n1. The third-order valence-electron chi connectivity index (χ3n) is 5.24. The van der Waals surface area contributed by atoms with E-state index in [-0.39, 0.29) is 0 Å². The van der Waals surface area contributed by atoms with Gasteiger partial charge in [-0.15, -0.1) is 0 Å². The molecule has 4 rings (SSSR count). The van der Waals surface area contributed by atoms with Gasteiger partial charge in [-0.1, -0.05) is 12.1 Å². The van der Waals surface area contributed by atoms with Gasteiger partial charge in [-0.05, 0) is 78.6 Å². The van der Waals surface area contributed by atoms with Gasteiger partial charge >= 0.3 is 0 Å². The van der Waals surface area contributed by atoms with Crippen molar-refractivity contribution in [1.82, 2.24) is 9.97 Å². The molecule has 1 N–H and O–H groups in total. The molecular formula is C27H21N5O. The molecule has 160 valence electrons. The number of benzene rings is 2. The van der Waals surface area contributed by atoms with Gasteiger partial charge in [-0.25, -0.2) is 9.97 Å². The second-order valence-corrected chi connectivity index (χ2v) is 7.62. The van der Waals surface area contributed by atoms with E-state index in [1.807, 2.05) is 50.2 Å². The predicted molar refractivity (Wildman–Crippen MR) is 127 cm³/mol. The highest BCUT2D eigenvalue weighted by Crippen LogP contribution is 2.31. The summed E-state index contributed by atoms with van der Waals surface area (Å²) in [6, 6.07) is 21.2. The molecule has 0 saturated heterocycles. The summed E-state index contributed by atoms with van der Waals surface area (Å²) in [7, 11) is 0. The van der Waals surface area contributed by atoms with E-state index in [2.05, 4.69) is 27.4 Å². The van der Waals surface area contributed by atoms with Crippen molar-refractivity contribution in [2.24, 2.45) is 0 Å². The number of nitrogens with zero attached hydrogens (tertiary/aromatic N) is 4. The molecule has 0 radical (unpaired) electrons. The minimum Gasteiger partial charge on any atom is -0.464 e. The molecule has 2 heterocycles. The summed E-state index contributed by atoms with van der Waals surface area (Å²) in [5.41, 5.74) is 6.32. The minimum atomic E-state index is 0.573. The zero-order chi connectivity index (χ0) is 23.2. The number of nitriles is 2. The Labute approximate surface area is 192 Å². The fourth-order valence-corrected chi connectivity index (χ4v) is 3.67. The van der Waals surface area contributed by atoms with Crippen molar-refractivity contribution >= 4 is 17.1 Å². The standard InChI is InChI=1S/C27H21N5O/c1-18-14-22(23(9-11-28)24-4-3-13-33-24)15-19(2)27(18)32-25-10-12-30-26(31-25)16-20-5-7-21(17-29)8-6-20/h3-10,12-15H,16H2,1-2H3,(H,30,31,32)/b23-9+. The van der Waals surface area contributed by atoms with E-state index in [9.17, 15) is 5.26 Å². The first-order valence-electron chi connectivity index (χ1n) is 10.4. The van der Waals surface area contributed by atoms with Crippen molar-refractivity contribution in [2.75, 3.05) is 5.32 Å². The van der Waals surface area contributed by atoms with Crippen LogP contribution in [-0.2, 0) is 6.42 Å². The summed E-state index contributed by atoms with van der Waals surface area (Å²) in [6.45, 7) is 4.04. The molecular weight excluding hydrogens is 410 g/mol. The first-order chi connectivity index (χ1) is 16.1. The fourth-order valence-electron chi connectivity index (χ4n) is 3.67. The molecule has 0 fully saturated rings. The van der Waals surface area contributed by atoms with Crippen LogP contribution in [0.3, 0.4) is 0 Å². The molecule has 0 aliphatic carbocycles. The number of nitrogens with one attached hydrogen (secondary N) is 1. The lowest BCUT2D eigenvalue weighted by Crippen LogP contribution is -2.03. The van der Waals surface area contributed by atoms with Gasteiger partial charge in [0.15, 0.2) is 0 Å². The lowest BCUT2D eigenvalue weighted by Gasteiger charge is -2.15. The maximum atomic E-state index is 9.23. The van der Waals surface area contributed by atoms with E-state index in [4.69, 9.17) is 9.68 Å². The van der Waals surface area contributed by atoms with Gasteiger partial charge in [0, 0.05) is 30.0 Å². The number of rotatable bonds is 6. The Kier molecular flexibility index (Phi) is 6.29. The van der Waals surface area contributed by atoms with Crippen LogP contribution >= 0.6 is 0 Å². The molecule has 0 unspecified atom stereocenters. The molecule has 33 heavy (non-hydrogen) atoms. The van der Waals surface area contributed by atoms with Crippen LogP contribution in [0.4, 0.5) is 11.5 Å². The second kappa shape index (κ2) is 9.64. The van der Waals surface area contributed by atoms with Crippen molar-refractivity contribution in [3.8, 4) is 12.1 Å². The van der Waals surface area contributed by atoms with Gasteiger partial charge in [-0.2, -0.15) is 10.5 Å². The van der Waals surface area contributed by atoms with E-state index in [1.165, 1.54) is 6.08 Å². The van der Waals surface area contributed by atoms with Crippen LogP contribution in [0.1, 0.15) is 39.4 Å². The summed E-state index contributed by atoms with van der Waals surface area (Å²) in [5, 5.41) is 21.6. The highest BCUT2D eigenvalue weighted by molar-refractivity contribution is 5.81. The summed E-state index contributed by atoms with van der Waals surface area (Å²) >= 11 is 0. The van der Waals surface area contributed by atoms with Gasteiger partial charge in [0.05, 0.1) is 24.0 Å². The number of hydrogen-bond donors (Lipinski definition) is 1. The Balaban J connectivity index is 1.58. The Bertz CT molecular complexity index is 1360. The predicted octanol–water partition coefficient (Wildman–Crippen LogP) is 5.85. The third-order valence-corrected chi connectivity index (χ3v) is 5.24. The molecule has 0 amide bonds. The summed E-state index contributed by atoms with van der Waals surface area (Å²) in [6.07, 6.45) is 5.41. The molecule has 0 aliphatic rings. The zero-order valence-corrected chi connectivity index (χ0v) is 18.3. The van der Waals surface area contributed by atoms with Crippen LogP contribution in [0.5, 0.6) is 0 Å². The molecule has 2 aromatic carbocycles. The van der Waals surface area contributed by atoms with E-state index < -0.39 is 0 Å². The van der Waals surface area contributed by atoms with E-state index in [0.717, 1.165) is 33.5 Å². The molecule has 6 heteroatoms. The number of aromatic nitrogens is 2. The summed E-state index contributed by atoms with van der Waals surface area (Å²) < 4.78 is 5.52. The fraction of sp³-hybridized carbons (Fsp3) is 0.111. The van der Waals surface area contributed by atoms with Gasteiger partial charge in [-0.3, -0.25) is 0 Å². The molecule has 2 aromatic heterocycles. The Hall–Kier alpha value is -4.68. The number of hydrogen-bond acceptors (Lipinski definition) is 6. The summed E-state index contributed by atoms with van der Waals surface area (Å²) in [5.74, 6) is 2.04. The van der Waals surface area contributed by atoms with Crippen molar-refractivity contribution in [1.29, 1.82) is 10.5 Å². The van der Waals surface area contributed by atoms with Gasteiger partial charge < -0.3 is 9.73 Å². The molecule has 0 saturated carbocycles. The number of aryl methyl sites for hydroxylation is 2. The largest absolute Gasteiger partial charge is 0.464 e. The normalized spacial score (nSPS) is 11.0. The molecule has 6 nitrogen and oxygen atoms in total. The maximum absolute atomic E-state index is 9.23. The average molecular weight is 431 g/mol. The monoisotopic (exact) mass is 431 g/mol. The van der Waals surface area contributed by atoms with Crippen LogP contribution in [-0.4, -0.2) is 9.97 Å². The zero-order valence-electron chi connectivity index (χ0n) is 18.3. The molecule has 4 aromatic rings. The summed E-state index contributed by atoms with van der Waals surface area (Å²) in [4.78, 5) is 9.04. The highest BCUT2D eigenvalue weighted by atomic mass is 16.3. The van der Waals surface area contributed by atoms with Gasteiger partial charge in [0.1, 0.15) is 17.4 Å². The number of allylic oxidation sites excluding steroid dienone is 1. The maximum Gasteiger partial charge on any atom is 0.135 e. The van der Waals surface area contributed by atoms with Crippen molar-refractivity contribution < 1.29 is 4.42 Å². The molecule has 0 aliphatic heterocycles. The van der Waals surface area contributed by atoms with Crippen molar-refractivity contribution in [3.05, 3.63) is 113 Å². The minimum absolute atomic E-state index is 0.573. The van der Waals surface area contributed by atoms with Gasteiger partial charge in [0.2, 0.25) is 0 Å². The van der Waals surface area contributed by atoms with E-state index in [0.29, 0.717) is 29.4 Å². The van der Waals surface area contributed by atoms with Crippen LogP contribution in [0.25, 0.3) is 5.57 Å². The van der Waals surface area contributed by atoms with Crippen LogP contribution in [0.2, 0.25) is 0 Å². The number of anilines is 2. The van der Waals surface area contributed by atoms with Crippen LogP contribution in [0.15, 0.2) is 77.6 Å². The second-order valence-electron chi connectivity index (χ2n) is 7.62. The lowest BCUT2D eigenvalue weighted by atomic mass is 9.97. The van der Waals surface area contributed by atoms with Crippen molar-refractivity contribution in [2.45, 2.75) is 20.3 Å². The molecule has 0 spiro atoms.